The Labute approximate surface area is 166 Å². The Hall–Kier alpha value is -1.66. The molecule has 0 saturated carbocycles. The van der Waals surface area contributed by atoms with E-state index in [0.717, 1.165) is 54.7 Å². The molecule has 146 valence electrons. The number of rotatable bonds is 10. The minimum absolute atomic E-state index is 0.496. The Balaban J connectivity index is 1.53. The first-order valence-corrected chi connectivity index (χ1v) is 9.88. The summed E-state index contributed by atoms with van der Waals surface area (Å²) >= 11 is 6.20. The van der Waals surface area contributed by atoms with E-state index in [9.17, 15) is 0 Å². The Bertz CT molecular complexity index is 699. The van der Waals surface area contributed by atoms with Gasteiger partial charge in [-0.2, -0.15) is 0 Å². The molecule has 0 radical (unpaired) electrons. The molecule has 1 saturated heterocycles. The van der Waals surface area contributed by atoms with Gasteiger partial charge in [-0.15, -0.1) is 0 Å². The third-order valence-electron chi connectivity index (χ3n) is 4.92. The van der Waals surface area contributed by atoms with Crippen LogP contribution in [0.2, 0.25) is 5.02 Å². The lowest BCUT2D eigenvalue weighted by Crippen LogP contribution is -2.39. The smallest absolute Gasteiger partial charge is 0.124 e. The summed E-state index contributed by atoms with van der Waals surface area (Å²) in [4.78, 5) is 6.64. The number of benzene rings is 1. The van der Waals surface area contributed by atoms with E-state index >= 15 is 0 Å². The Morgan fingerprint density at radius 2 is 2.26 bits per heavy atom. The van der Waals surface area contributed by atoms with E-state index < -0.39 is 0 Å². The number of methoxy groups -OCH3 is 1. The van der Waals surface area contributed by atoms with Gasteiger partial charge in [-0.25, -0.2) is 0 Å². The molecule has 2 aromatic rings. The van der Waals surface area contributed by atoms with Crippen molar-refractivity contribution in [2.75, 3.05) is 33.4 Å². The van der Waals surface area contributed by atoms with Crippen LogP contribution >= 0.6 is 11.6 Å². The maximum Gasteiger partial charge on any atom is 0.124 e. The summed E-state index contributed by atoms with van der Waals surface area (Å²) < 4.78 is 11.2. The van der Waals surface area contributed by atoms with Crippen molar-refractivity contribution in [3.63, 3.8) is 0 Å². The lowest BCUT2D eigenvalue weighted by molar-refractivity contribution is 0.140. The van der Waals surface area contributed by atoms with Crippen LogP contribution < -0.4 is 10.1 Å². The van der Waals surface area contributed by atoms with Gasteiger partial charge in [0.05, 0.1) is 6.61 Å². The molecule has 27 heavy (non-hydrogen) atoms. The lowest BCUT2D eigenvalue weighted by atomic mass is 10.1. The van der Waals surface area contributed by atoms with Crippen LogP contribution in [0.25, 0.3) is 0 Å². The van der Waals surface area contributed by atoms with Crippen molar-refractivity contribution in [1.29, 1.82) is 0 Å². The van der Waals surface area contributed by atoms with Crippen molar-refractivity contribution >= 4 is 11.6 Å². The van der Waals surface area contributed by atoms with Crippen LogP contribution in [0, 0.1) is 0 Å². The molecule has 0 spiro atoms. The van der Waals surface area contributed by atoms with Gasteiger partial charge in [0.25, 0.3) is 0 Å². The van der Waals surface area contributed by atoms with E-state index in [0.29, 0.717) is 12.6 Å². The number of hydrogen-bond acceptors (Lipinski definition) is 5. The molecule has 0 bridgehead atoms. The largest absolute Gasteiger partial charge is 0.489 e. The fraction of sp³-hybridized carbons (Fsp3) is 0.476. The lowest BCUT2D eigenvalue weighted by Gasteiger charge is -2.24. The molecule has 1 atom stereocenters. The summed E-state index contributed by atoms with van der Waals surface area (Å²) in [6, 6.07) is 10.3. The van der Waals surface area contributed by atoms with Gasteiger partial charge in [0, 0.05) is 61.3 Å². The van der Waals surface area contributed by atoms with Crippen molar-refractivity contribution in [1.82, 2.24) is 15.2 Å². The van der Waals surface area contributed by atoms with E-state index in [-0.39, 0.29) is 0 Å². The van der Waals surface area contributed by atoms with Crippen LogP contribution in [-0.4, -0.2) is 49.3 Å². The molecular formula is C21H28ClN3O2. The fourth-order valence-electron chi connectivity index (χ4n) is 3.47. The number of ether oxygens (including phenoxy) is 2. The first-order chi connectivity index (χ1) is 13.3. The monoisotopic (exact) mass is 389 g/mol. The molecule has 2 heterocycles. The molecule has 1 aromatic carbocycles. The van der Waals surface area contributed by atoms with Crippen LogP contribution in [0.4, 0.5) is 0 Å². The van der Waals surface area contributed by atoms with E-state index in [1.807, 2.05) is 36.5 Å². The summed E-state index contributed by atoms with van der Waals surface area (Å²) in [5, 5.41) is 4.31. The highest BCUT2D eigenvalue weighted by Crippen LogP contribution is 2.24. The van der Waals surface area contributed by atoms with Gasteiger partial charge in [-0.3, -0.25) is 9.88 Å². The second-order valence-electron chi connectivity index (χ2n) is 6.86. The van der Waals surface area contributed by atoms with Crippen molar-refractivity contribution in [3.05, 3.63) is 58.9 Å². The molecule has 0 aliphatic carbocycles. The van der Waals surface area contributed by atoms with E-state index in [4.69, 9.17) is 21.1 Å². The second kappa shape index (κ2) is 10.6. The van der Waals surface area contributed by atoms with Crippen LogP contribution in [-0.2, 0) is 17.9 Å². The molecule has 1 aliphatic heterocycles. The maximum atomic E-state index is 6.20. The minimum Gasteiger partial charge on any atom is -0.489 e. The summed E-state index contributed by atoms with van der Waals surface area (Å²) in [6.45, 7) is 5.13. The third-order valence-corrected chi connectivity index (χ3v) is 5.15. The van der Waals surface area contributed by atoms with E-state index in [1.54, 1.807) is 13.3 Å². The molecule has 1 aliphatic rings. The molecule has 0 amide bonds. The van der Waals surface area contributed by atoms with Crippen molar-refractivity contribution < 1.29 is 9.47 Å². The van der Waals surface area contributed by atoms with Gasteiger partial charge in [0.1, 0.15) is 12.4 Å². The Kier molecular flexibility index (Phi) is 7.90. The average Bonchev–Trinajstić information content (AvgIpc) is 3.14. The third kappa shape index (κ3) is 6.18. The number of halogens is 1. The number of nitrogens with zero attached hydrogens (tertiary/aromatic N) is 2. The summed E-state index contributed by atoms with van der Waals surface area (Å²) in [5.41, 5.74) is 2.12. The molecule has 1 unspecified atom stereocenters. The fourth-order valence-corrected chi connectivity index (χ4v) is 3.67. The highest BCUT2D eigenvalue weighted by molar-refractivity contribution is 6.30. The highest BCUT2D eigenvalue weighted by Gasteiger charge is 2.23. The molecular weight excluding hydrogens is 362 g/mol. The van der Waals surface area contributed by atoms with Crippen molar-refractivity contribution in [2.45, 2.75) is 32.0 Å². The maximum absolute atomic E-state index is 6.20. The quantitative estimate of drug-likeness (QED) is 0.673. The zero-order valence-corrected chi connectivity index (χ0v) is 16.6. The molecule has 1 N–H and O–H groups in total. The van der Waals surface area contributed by atoms with Gasteiger partial charge in [-0.05, 0) is 43.7 Å². The predicted molar refractivity (Wildman–Crippen MR) is 108 cm³/mol. The zero-order chi connectivity index (χ0) is 18.9. The highest BCUT2D eigenvalue weighted by atomic mass is 35.5. The SMILES string of the molecule is COCCN1CCCC1CNCc1cc(Cl)ccc1OCc1cccnc1. The first-order valence-electron chi connectivity index (χ1n) is 9.50. The summed E-state index contributed by atoms with van der Waals surface area (Å²) in [6.07, 6.45) is 6.08. The van der Waals surface area contributed by atoms with Crippen LogP contribution in [0.3, 0.4) is 0 Å². The van der Waals surface area contributed by atoms with Gasteiger partial charge in [0.15, 0.2) is 0 Å². The van der Waals surface area contributed by atoms with Crippen molar-refractivity contribution in [2.24, 2.45) is 0 Å². The standard InChI is InChI=1S/C21H28ClN3O2/c1-26-11-10-25-9-3-5-20(25)15-24-14-18-12-19(22)6-7-21(18)27-16-17-4-2-8-23-13-17/h2,4,6-8,12-13,20,24H,3,5,9-11,14-16H2,1H3. The van der Waals surface area contributed by atoms with Crippen molar-refractivity contribution in [3.8, 4) is 5.75 Å². The summed E-state index contributed by atoms with van der Waals surface area (Å²) in [7, 11) is 1.76. The van der Waals surface area contributed by atoms with E-state index in [1.165, 1.54) is 12.8 Å². The number of aromatic nitrogens is 1. The predicted octanol–water partition coefficient (Wildman–Crippen LogP) is 3.51. The zero-order valence-electron chi connectivity index (χ0n) is 15.9. The second-order valence-corrected chi connectivity index (χ2v) is 7.29. The van der Waals surface area contributed by atoms with E-state index in [2.05, 4.69) is 15.2 Å². The van der Waals surface area contributed by atoms with Gasteiger partial charge in [-0.1, -0.05) is 17.7 Å². The summed E-state index contributed by atoms with van der Waals surface area (Å²) in [5.74, 6) is 0.860. The molecule has 5 nitrogen and oxygen atoms in total. The number of pyridine rings is 1. The number of likely N-dealkylation sites (tertiary alicyclic amines) is 1. The van der Waals surface area contributed by atoms with Gasteiger partial charge in [0.2, 0.25) is 0 Å². The molecule has 3 rings (SSSR count). The average molecular weight is 390 g/mol. The van der Waals surface area contributed by atoms with Crippen LogP contribution in [0.5, 0.6) is 5.75 Å². The minimum atomic E-state index is 0.496. The number of hydrogen-bond donors (Lipinski definition) is 1. The molecule has 6 heteroatoms. The number of nitrogens with one attached hydrogen (secondary N) is 1. The van der Waals surface area contributed by atoms with Crippen LogP contribution in [0.1, 0.15) is 24.0 Å². The Morgan fingerprint density at radius 1 is 1.33 bits per heavy atom. The normalized spacial score (nSPS) is 17.3. The topological polar surface area (TPSA) is 46.6 Å². The van der Waals surface area contributed by atoms with Gasteiger partial charge < -0.3 is 14.8 Å². The molecule has 1 fully saturated rings. The van der Waals surface area contributed by atoms with Crippen LogP contribution in [0.15, 0.2) is 42.7 Å². The first kappa shape index (κ1) is 20.1. The molecule has 1 aromatic heterocycles. The Morgan fingerprint density at radius 3 is 3.07 bits per heavy atom. The van der Waals surface area contributed by atoms with Gasteiger partial charge >= 0.3 is 0 Å².